The number of halogens is 2. The van der Waals surface area contributed by atoms with Crippen LogP contribution >= 0.6 is 0 Å². The number of fused-ring (bicyclic) bond motifs is 2. The van der Waals surface area contributed by atoms with E-state index < -0.39 is 49.3 Å². The van der Waals surface area contributed by atoms with Crippen molar-refractivity contribution in [3.05, 3.63) is 53.6 Å². The van der Waals surface area contributed by atoms with Crippen LogP contribution in [0.5, 0.6) is 0 Å². The van der Waals surface area contributed by atoms with E-state index in [2.05, 4.69) is 9.44 Å². The van der Waals surface area contributed by atoms with Crippen LogP contribution in [0.4, 0.5) is 20.2 Å². The SMILES string of the molecule is CCS(=O)(=O)Nc1ccc2c(c1)[C@]1(CC[C@H](C(F)F)CC1)CN2C(=O)c1cccc(S(=O)(=O)NC(C)(C)C)c1. The molecule has 39 heavy (non-hydrogen) atoms. The molecule has 1 aliphatic carbocycles. The zero-order valence-electron chi connectivity index (χ0n) is 22.5. The van der Waals surface area contributed by atoms with Crippen LogP contribution in [0.1, 0.15) is 69.3 Å². The number of carbonyl (C=O) groups is 1. The van der Waals surface area contributed by atoms with Crippen molar-refractivity contribution in [3.8, 4) is 0 Å². The van der Waals surface area contributed by atoms with E-state index in [0.717, 1.165) is 5.56 Å². The van der Waals surface area contributed by atoms with Crippen LogP contribution in [0.2, 0.25) is 0 Å². The quantitative estimate of drug-likeness (QED) is 0.483. The van der Waals surface area contributed by atoms with Gasteiger partial charge in [0.25, 0.3) is 5.91 Å². The number of benzene rings is 2. The number of rotatable bonds is 7. The lowest BCUT2D eigenvalue weighted by molar-refractivity contribution is 0.0423. The van der Waals surface area contributed by atoms with E-state index in [-0.39, 0.29) is 35.6 Å². The lowest BCUT2D eigenvalue weighted by Gasteiger charge is -2.37. The molecule has 1 saturated carbocycles. The molecule has 0 unspecified atom stereocenters. The fourth-order valence-electron chi connectivity index (χ4n) is 5.45. The highest BCUT2D eigenvalue weighted by Crippen LogP contribution is 2.52. The molecule has 0 bridgehead atoms. The van der Waals surface area contributed by atoms with E-state index in [1.54, 1.807) is 49.9 Å². The van der Waals surface area contributed by atoms with Gasteiger partial charge < -0.3 is 4.90 Å². The first kappa shape index (κ1) is 29.4. The van der Waals surface area contributed by atoms with Gasteiger partial charge in [-0.2, -0.15) is 0 Å². The molecule has 2 aromatic rings. The number of anilines is 2. The third-order valence-corrected chi connectivity index (χ3v) is 10.5. The fourth-order valence-corrected chi connectivity index (χ4v) is 7.55. The minimum Gasteiger partial charge on any atom is -0.307 e. The first-order valence-corrected chi connectivity index (χ1v) is 16.1. The molecule has 0 saturated heterocycles. The largest absolute Gasteiger partial charge is 0.307 e. The Morgan fingerprint density at radius 3 is 2.33 bits per heavy atom. The van der Waals surface area contributed by atoms with Gasteiger partial charge in [-0.3, -0.25) is 9.52 Å². The number of hydrogen-bond donors (Lipinski definition) is 2. The van der Waals surface area contributed by atoms with Crippen molar-refractivity contribution in [1.29, 1.82) is 0 Å². The summed E-state index contributed by atoms with van der Waals surface area (Å²) in [6.07, 6.45) is -0.999. The van der Waals surface area contributed by atoms with Crippen LogP contribution in [-0.2, 0) is 25.5 Å². The predicted octanol–water partition coefficient (Wildman–Crippen LogP) is 4.88. The summed E-state index contributed by atoms with van der Waals surface area (Å²) in [7, 11) is -7.43. The molecule has 214 valence electrons. The molecule has 4 rings (SSSR count). The van der Waals surface area contributed by atoms with Gasteiger partial charge in [0.1, 0.15) is 0 Å². The predicted molar refractivity (Wildman–Crippen MR) is 147 cm³/mol. The number of sulfonamides is 2. The smallest absolute Gasteiger partial charge is 0.258 e. The fraction of sp³-hybridized carbons (Fsp3) is 0.519. The minimum atomic E-state index is -3.88. The Morgan fingerprint density at radius 1 is 1.08 bits per heavy atom. The zero-order valence-corrected chi connectivity index (χ0v) is 24.1. The molecule has 12 heteroatoms. The summed E-state index contributed by atoms with van der Waals surface area (Å²) in [6.45, 7) is 6.92. The summed E-state index contributed by atoms with van der Waals surface area (Å²) in [5.41, 5.74) is 0.497. The van der Waals surface area contributed by atoms with Crippen LogP contribution < -0.4 is 14.3 Å². The standard InChI is InChI=1S/C27H35F2N3O5S2/c1-5-38(34,35)30-20-9-10-23-22(16-20)27(13-11-18(12-14-27)24(28)29)17-32(23)25(33)19-7-6-8-21(15-19)39(36,37)31-26(2,3)4/h6-10,15-16,18,24,30-31H,5,11-14,17H2,1-4H3/t18-,27-. The van der Waals surface area contributed by atoms with Gasteiger partial charge in [-0.25, -0.2) is 30.3 Å². The first-order chi connectivity index (χ1) is 18.1. The summed E-state index contributed by atoms with van der Waals surface area (Å²) in [6, 6.07) is 10.7. The van der Waals surface area contributed by atoms with Crippen molar-refractivity contribution >= 4 is 37.3 Å². The highest BCUT2D eigenvalue weighted by molar-refractivity contribution is 7.92. The molecule has 2 N–H and O–H groups in total. The highest BCUT2D eigenvalue weighted by atomic mass is 32.2. The first-order valence-electron chi connectivity index (χ1n) is 12.9. The van der Waals surface area contributed by atoms with Gasteiger partial charge in [-0.1, -0.05) is 6.07 Å². The molecule has 2 aliphatic rings. The molecule has 1 heterocycles. The summed E-state index contributed by atoms with van der Waals surface area (Å²) in [5, 5.41) is 0. The van der Waals surface area contributed by atoms with Crippen molar-refractivity contribution in [1.82, 2.24) is 4.72 Å². The lowest BCUT2D eigenvalue weighted by atomic mass is 9.67. The van der Waals surface area contributed by atoms with Crippen LogP contribution in [0, 0.1) is 5.92 Å². The van der Waals surface area contributed by atoms with Crippen LogP contribution in [-0.4, -0.2) is 47.0 Å². The molecule has 1 aliphatic heterocycles. The van der Waals surface area contributed by atoms with Gasteiger partial charge >= 0.3 is 0 Å². The highest BCUT2D eigenvalue weighted by Gasteiger charge is 2.48. The van der Waals surface area contributed by atoms with Crippen molar-refractivity contribution < 1.29 is 30.4 Å². The lowest BCUT2D eigenvalue weighted by Crippen LogP contribution is -2.41. The van der Waals surface area contributed by atoms with Crippen LogP contribution in [0.3, 0.4) is 0 Å². The molecule has 1 spiro atoms. The van der Waals surface area contributed by atoms with Gasteiger partial charge in [0.2, 0.25) is 26.5 Å². The Kier molecular flexibility index (Phi) is 7.87. The van der Waals surface area contributed by atoms with E-state index in [0.29, 0.717) is 24.2 Å². The van der Waals surface area contributed by atoms with E-state index in [9.17, 15) is 30.4 Å². The molecular weight excluding hydrogens is 548 g/mol. The number of hydrogen-bond acceptors (Lipinski definition) is 5. The van der Waals surface area contributed by atoms with Crippen molar-refractivity contribution in [2.24, 2.45) is 5.92 Å². The molecule has 8 nitrogen and oxygen atoms in total. The average molecular weight is 584 g/mol. The molecule has 1 amide bonds. The van der Waals surface area contributed by atoms with E-state index >= 15 is 0 Å². The van der Waals surface area contributed by atoms with Crippen LogP contribution in [0.15, 0.2) is 47.4 Å². The molecule has 0 radical (unpaired) electrons. The summed E-state index contributed by atoms with van der Waals surface area (Å²) >= 11 is 0. The Bertz CT molecular complexity index is 1460. The van der Waals surface area contributed by atoms with Crippen molar-refractivity contribution in [3.63, 3.8) is 0 Å². The molecule has 1 fully saturated rings. The molecule has 2 aromatic carbocycles. The summed E-state index contributed by atoms with van der Waals surface area (Å²) in [4.78, 5) is 15.3. The summed E-state index contributed by atoms with van der Waals surface area (Å²) in [5.74, 6) is -1.25. The number of carbonyl (C=O) groups excluding carboxylic acids is 1. The second-order valence-corrected chi connectivity index (χ2v) is 15.2. The molecule has 0 atom stereocenters. The maximum absolute atomic E-state index is 13.8. The minimum absolute atomic E-state index is 0.0424. The normalized spacial score (nSPS) is 21.8. The second kappa shape index (κ2) is 10.4. The van der Waals surface area contributed by atoms with E-state index in [1.807, 2.05) is 0 Å². The Balaban J connectivity index is 1.72. The summed E-state index contributed by atoms with van der Waals surface area (Å²) < 4.78 is 82.2. The van der Waals surface area contributed by atoms with Gasteiger partial charge in [0.15, 0.2) is 0 Å². The molecular formula is C27H35F2N3O5S2. The van der Waals surface area contributed by atoms with Crippen molar-refractivity contribution in [2.75, 3.05) is 21.9 Å². The van der Waals surface area contributed by atoms with E-state index in [4.69, 9.17) is 0 Å². The topological polar surface area (TPSA) is 113 Å². The maximum Gasteiger partial charge on any atom is 0.258 e. The van der Waals surface area contributed by atoms with Crippen molar-refractivity contribution in [2.45, 2.75) is 75.7 Å². The van der Waals surface area contributed by atoms with Gasteiger partial charge in [0, 0.05) is 40.4 Å². The van der Waals surface area contributed by atoms with Gasteiger partial charge in [0.05, 0.1) is 10.6 Å². The number of nitrogens with zero attached hydrogens (tertiary/aromatic N) is 1. The molecule has 0 aromatic heterocycles. The Hall–Kier alpha value is -2.57. The van der Waals surface area contributed by atoms with Crippen LogP contribution in [0.25, 0.3) is 0 Å². The maximum atomic E-state index is 13.8. The Labute approximate surface area is 229 Å². The zero-order chi connectivity index (χ0) is 28.8. The number of nitrogens with one attached hydrogen (secondary N) is 2. The third kappa shape index (κ3) is 6.28. The third-order valence-electron chi connectivity index (χ3n) is 7.39. The number of amides is 1. The number of alkyl halides is 2. The van der Waals surface area contributed by atoms with E-state index in [1.165, 1.54) is 25.1 Å². The average Bonchev–Trinajstić information content (AvgIpc) is 3.15. The Morgan fingerprint density at radius 2 is 1.74 bits per heavy atom. The monoisotopic (exact) mass is 583 g/mol. The van der Waals surface area contributed by atoms with Gasteiger partial charge in [-0.15, -0.1) is 0 Å². The second-order valence-electron chi connectivity index (χ2n) is 11.5. The van der Waals surface area contributed by atoms with Gasteiger partial charge in [-0.05, 0) is 95.3 Å².